The second-order valence-electron chi connectivity index (χ2n) is 5.99. The predicted molar refractivity (Wildman–Crippen MR) is 113 cm³/mol. The molecule has 30 heavy (non-hydrogen) atoms. The summed E-state index contributed by atoms with van der Waals surface area (Å²) in [5.41, 5.74) is 0.0681. The molecule has 0 atom stereocenters. The van der Waals surface area contributed by atoms with Crippen molar-refractivity contribution in [1.29, 1.82) is 0 Å². The molecule has 0 saturated carbocycles. The third-order valence-electron chi connectivity index (χ3n) is 3.92. The SMILES string of the molecule is CCOC(=O)c1sc2nc(COC(=O)COc3ccc(Cl)cc3Cl)[nH]c(=O)c2c1C. The molecule has 0 fully saturated rings. The minimum Gasteiger partial charge on any atom is -0.480 e. The summed E-state index contributed by atoms with van der Waals surface area (Å²) < 4.78 is 15.4. The Balaban J connectivity index is 1.67. The van der Waals surface area contributed by atoms with E-state index in [-0.39, 0.29) is 36.4 Å². The minimum absolute atomic E-state index is 0.141. The zero-order valence-electron chi connectivity index (χ0n) is 15.9. The average Bonchev–Trinajstić information content (AvgIpc) is 3.03. The van der Waals surface area contributed by atoms with E-state index in [0.717, 1.165) is 11.3 Å². The number of aromatic amines is 1. The van der Waals surface area contributed by atoms with E-state index in [0.29, 0.717) is 25.7 Å². The molecule has 0 radical (unpaired) electrons. The summed E-state index contributed by atoms with van der Waals surface area (Å²) in [5.74, 6) is -0.768. The molecule has 0 amide bonds. The van der Waals surface area contributed by atoms with Crippen molar-refractivity contribution in [3.63, 3.8) is 0 Å². The van der Waals surface area contributed by atoms with Crippen LogP contribution in [0.1, 0.15) is 28.0 Å². The number of aryl methyl sites for hydroxylation is 1. The quantitative estimate of drug-likeness (QED) is 0.521. The van der Waals surface area contributed by atoms with Gasteiger partial charge in [-0.25, -0.2) is 14.6 Å². The summed E-state index contributed by atoms with van der Waals surface area (Å²) in [4.78, 5) is 43.9. The van der Waals surface area contributed by atoms with E-state index in [1.54, 1.807) is 19.9 Å². The van der Waals surface area contributed by atoms with Crippen LogP contribution in [-0.4, -0.2) is 35.1 Å². The lowest BCUT2D eigenvalue weighted by Gasteiger charge is -2.08. The Morgan fingerprint density at radius 3 is 2.70 bits per heavy atom. The van der Waals surface area contributed by atoms with Gasteiger partial charge in [0.05, 0.1) is 17.0 Å². The summed E-state index contributed by atoms with van der Waals surface area (Å²) in [5, 5.41) is 1.01. The third-order valence-corrected chi connectivity index (χ3v) is 5.62. The zero-order valence-corrected chi connectivity index (χ0v) is 18.2. The van der Waals surface area contributed by atoms with Crippen LogP contribution in [0.3, 0.4) is 0 Å². The molecule has 1 N–H and O–H groups in total. The maximum absolute atomic E-state index is 12.4. The van der Waals surface area contributed by atoms with Crippen LogP contribution >= 0.6 is 34.5 Å². The number of carbonyl (C=O) groups is 2. The summed E-state index contributed by atoms with van der Waals surface area (Å²) >= 11 is 12.8. The highest BCUT2D eigenvalue weighted by molar-refractivity contribution is 7.20. The maximum atomic E-state index is 12.4. The average molecular weight is 471 g/mol. The number of halogens is 2. The van der Waals surface area contributed by atoms with Gasteiger partial charge in [0.15, 0.2) is 6.61 Å². The zero-order chi connectivity index (χ0) is 21.8. The Labute approximate surface area is 184 Å². The fraction of sp³-hybridized carbons (Fsp3) is 0.263. The summed E-state index contributed by atoms with van der Waals surface area (Å²) in [7, 11) is 0. The molecule has 0 unspecified atom stereocenters. The van der Waals surface area contributed by atoms with Gasteiger partial charge in [0.2, 0.25) is 0 Å². The lowest BCUT2D eigenvalue weighted by molar-refractivity contribution is -0.147. The van der Waals surface area contributed by atoms with Crippen molar-refractivity contribution in [2.75, 3.05) is 13.2 Å². The summed E-state index contributed by atoms with van der Waals surface area (Å²) in [6.45, 7) is 2.91. The topological polar surface area (TPSA) is 108 Å². The predicted octanol–water partition coefficient (Wildman–Crippen LogP) is 3.90. The molecule has 0 bridgehead atoms. The number of ether oxygens (including phenoxy) is 3. The molecular formula is C19H16Cl2N2O6S. The lowest BCUT2D eigenvalue weighted by Crippen LogP contribution is -2.18. The second kappa shape index (κ2) is 9.46. The highest BCUT2D eigenvalue weighted by atomic mass is 35.5. The number of nitrogens with one attached hydrogen (secondary N) is 1. The molecule has 0 aliphatic carbocycles. The number of esters is 2. The monoisotopic (exact) mass is 470 g/mol. The largest absolute Gasteiger partial charge is 0.480 e. The van der Waals surface area contributed by atoms with E-state index in [1.807, 2.05) is 0 Å². The summed E-state index contributed by atoms with van der Waals surface area (Å²) in [6, 6.07) is 4.60. The van der Waals surface area contributed by atoms with Crippen LogP contribution in [0.2, 0.25) is 10.0 Å². The first-order chi connectivity index (χ1) is 14.3. The molecule has 158 valence electrons. The Morgan fingerprint density at radius 1 is 1.23 bits per heavy atom. The van der Waals surface area contributed by atoms with Crippen molar-refractivity contribution in [3.8, 4) is 5.75 Å². The Bertz CT molecular complexity index is 1170. The Hall–Kier alpha value is -2.62. The molecule has 2 heterocycles. The number of carbonyl (C=O) groups excluding carboxylic acids is 2. The first-order valence-electron chi connectivity index (χ1n) is 8.73. The standard InChI is InChI=1S/C19H16Cl2N2O6S/c1-3-27-19(26)16-9(2)15-17(25)22-13(23-18(15)30-16)7-29-14(24)8-28-12-5-4-10(20)6-11(12)21/h4-6H,3,7-8H2,1-2H3,(H,22,23,25). The number of benzene rings is 1. The molecule has 8 nitrogen and oxygen atoms in total. The van der Waals surface area contributed by atoms with E-state index >= 15 is 0 Å². The van der Waals surface area contributed by atoms with E-state index in [2.05, 4.69) is 9.97 Å². The number of fused-ring (bicyclic) bond motifs is 1. The van der Waals surface area contributed by atoms with Crippen LogP contribution < -0.4 is 10.3 Å². The van der Waals surface area contributed by atoms with E-state index in [9.17, 15) is 14.4 Å². The highest BCUT2D eigenvalue weighted by Crippen LogP contribution is 2.28. The van der Waals surface area contributed by atoms with Crippen molar-refractivity contribution in [2.24, 2.45) is 0 Å². The number of rotatable bonds is 7. The van der Waals surface area contributed by atoms with Gasteiger partial charge in [0.25, 0.3) is 5.56 Å². The maximum Gasteiger partial charge on any atom is 0.348 e. The van der Waals surface area contributed by atoms with Crippen molar-refractivity contribution in [1.82, 2.24) is 9.97 Å². The van der Waals surface area contributed by atoms with Crippen LogP contribution in [0.5, 0.6) is 5.75 Å². The van der Waals surface area contributed by atoms with Gasteiger partial charge >= 0.3 is 11.9 Å². The smallest absolute Gasteiger partial charge is 0.348 e. The number of H-pyrrole nitrogens is 1. The van der Waals surface area contributed by atoms with Crippen molar-refractivity contribution >= 4 is 56.7 Å². The van der Waals surface area contributed by atoms with Crippen molar-refractivity contribution < 1.29 is 23.8 Å². The molecular weight excluding hydrogens is 455 g/mol. The number of aromatic nitrogens is 2. The molecule has 11 heteroatoms. The highest BCUT2D eigenvalue weighted by Gasteiger charge is 2.20. The molecule has 0 spiro atoms. The number of thiophene rings is 1. The van der Waals surface area contributed by atoms with Crippen molar-refractivity contribution in [3.05, 3.63) is 54.9 Å². The van der Waals surface area contributed by atoms with Crippen LogP contribution in [0.25, 0.3) is 10.2 Å². The fourth-order valence-corrected chi connectivity index (χ4v) is 4.13. The van der Waals surface area contributed by atoms with Gasteiger partial charge in [-0.2, -0.15) is 0 Å². The third kappa shape index (κ3) is 4.92. The molecule has 3 rings (SSSR count). The Morgan fingerprint density at radius 2 is 2.00 bits per heavy atom. The van der Waals surface area contributed by atoms with Gasteiger partial charge in [-0.15, -0.1) is 11.3 Å². The molecule has 0 aliphatic rings. The first-order valence-corrected chi connectivity index (χ1v) is 10.3. The van der Waals surface area contributed by atoms with Gasteiger partial charge in [-0.1, -0.05) is 23.2 Å². The molecule has 2 aromatic heterocycles. The number of nitrogens with zero attached hydrogens (tertiary/aromatic N) is 1. The summed E-state index contributed by atoms with van der Waals surface area (Å²) in [6.07, 6.45) is 0. The van der Waals surface area contributed by atoms with Crippen LogP contribution in [-0.2, 0) is 20.9 Å². The van der Waals surface area contributed by atoms with Gasteiger partial charge in [0, 0.05) is 5.02 Å². The molecule has 0 aliphatic heterocycles. The lowest BCUT2D eigenvalue weighted by atomic mass is 10.2. The molecule has 0 saturated heterocycles. The van der Waals surface area contributed by atoms with Gasteiger partial charge in [0.1, 0.15) is 27.9 Å². The second-order valence-corrected chi connectivity index (χ2v) is 7.84. The van der Waals surface area contributed by atoms with Gasteiger partial charge < -0.3 is 19.2 Å². The number of hydrogen-bond donors (Lipinski definition) is 1. The minimum atomic E-state index is -0.682. The van der Waals surface area contributed by atoms with Gasteiger partial charge in [-0.3, -0.25) is 4.79 Å². The van der Waals surface area contributed by atoms with E-state index in [1.165, 1.54) is 12.1 Å². The number of hydrogen-bond acceptors (Lipinski definition) is 8. The Kier molecular flexibility index (Phi) is 6.96. The van der Waals surface area contributed by atoms with Crippen LogP contribution in [0.15, 0.2) is 23.0 Å². The van der Waals surface area contributed by atoms with E-state index in [4.69, 9.17) is 37.4 Å². The normalized spacial score (nSPS) is 10.8. The van der Waals surface area contributed by atoms with Crippen LogP contribution in [0, 0.1) is 6.92 Å². The van der Waals surface area contributed by atoms with Crippen LogP contribution in [0.4, 0.5) is 0 Å². The van der Waals surface area contributed by atoms with Gasteiger partial charge in [-0.05, 0) is 37.6 Å². The van der Waals surface area contributed by atoms with E-state index < -0.39 is 17.5 Å². The fourth-order valence-electron chi connectivity index (χ4n) is 2.57. The molecule has 1 aromatic carbocycles. The van der Waals surface area contributed by atoms with Crippen molar-refractivity contribution in [2.45, 2.75) is 20.5 Å². The first kappa shape index (κ1) is 22.1. The molecule has 3 aromatic rings.